The molecule has 2 atom stereocenters. The second-order valence-corrected chi connectivity index (χ2v) is 5.79. The van der Waals surface area contributed by atoms with Crippen LogP contribution in [0.1, 0.15) is 33.6 Å². The predicted molar refractivity (Wildman–Crippen MR) is 71.7 cm³/mol. The number of alkyl halides is 1. The molecular formula is C12H24ClFN2O2. The smallest absolute Gasteiger partial charge is 0.259 e. The molecule has 0 saturated carbocycles. The molecule has 1 saturated heterocycles. The quantitative estimate of drug-likeness (QED) is 0.706. The number of amides is 1. The molecule has 0 radical (unpaired) electrons. The van der Waals surface area contributed by atoms with Crippen LogP contribution in [0.25, 0.3) is 0 Å². The Morgan fingerprint density at radius 3 is 2.67 bits per heavy atom. The van der Waals surface area contributed by atoms with E-state index in [2.05, 4.69) is 10.6 Å². The van der Waals surface area contributed by atoms with Gasteiger partial charge in [0.1, 0.15) is 0 Å². The summed E-state index contributed by atoms with van der Waals surface area (Å²) >= 11 is 0. The summed E-state index contributed by atoms with van der Waals surface area (Å²) in [5.41, 5.74) is -1.99. The second kappa shape index (κ2) is 6.68. The first kappa shape index (κ1) is 17.6. The minimum atomic E-state index is -1.76. The molecule has 0 spiro atoms. The van der Waals surface area contributed by atoms with E-state index < -0.39 is 17.7 Å². The van der Waals surface area contributed by atoms with Gasteiger partial charge in [0.2, 0.25) is 5.67 Å². The Labute approximate surface area is 114 Å². The van der Waals surface area contributed by atoms with Gasteiger partial charge in [0, 0.05) is 19.5 Å². The summed E-state index contributed by atoms with van der Waals surface area (Å²) in [5, 5.41) is 14.8. The number of hydrogen-bond donors (Lipinski definition) is 3. The topological polar surface area (TPSA) is 61.4 Å². The first-order chi connectivity index (χ1) is 7.75. The fraction of sp³-hybridized carbons (Fsp3) is 0.917. The first-order valence-corrected chi connectivity index (χ1v) is 6.11. The van der Waals surface area contributed by atoms with Crippen LogP contribution in [0, 0.1) is 5.41 Å². The number of carbonyl (C=O) groups is 1. The van der Waals surface area contributed by atoms with Gasteiger partial charge in [0.15, 0.2) is 0 Å². The van der Waals surface area contributed by atoms with Crippen molar-refractivity contribution < 1.29 is 14.3 Å². The van der Waals surface area contributed by atoms with Crippen molar-refractivity contribution in [2.45, 2.75) is 45.4 Å². The normalized spacial score (nSPS) is 25.4. The molecule has 18 heavy (non-hydrogen) atoms. The van der Waals surface area contributed by atoms with Crippen LogP contribution in [0.3, 0.4) is 0 Å². The largest absolute Gasteiger partial charge is 0.393 e. The van der Waals surface area contributed by atoms with Crippen LogP contribution in [0.2, 0.25) is 0 Å². The van der Waals surface area contributed by atoms with Crippen molar-refractivity contribution in [3.8, 4) is 0 Å². The van der Waals surface area contributed by atoms with Crippen LogP contribution >= 0.6 is 12.4 Å². The maximum atomic E-state index is 14.0. The third-order valence-electron chi connectivity index (χ3n) is 3.09. The van der Waals surface area contributed by atoms with Gasteiger partial charge >= 0.3 is 0 Å². The fourth-order valence-electron chi connectivity index (χ4n) is 2.21. The van der Waals surface area contributed by atoms with Crippen LogP contribution in [-0.2, 0) is 4.79 Å². The molecule has 0 bridgehead atoms. The molecule has 0 aromatic heterocycles. The van der Waals surface area contributed by atoms with Crippen molar-refractivity contribution in [1.82, 2.24) is 10.6 Å². The Morgan fingerprint density at radius 2 is 2.22 bits per heavy atom. The Kier molecular flexibility index (Phi) is 6.54. The van der Waals surface area contributed by atoms with Gasteiger partial charge in [0.05, 0.1) is 6.10 Å². The number of rotatable bonds is 5. The van der Waals surface area contributed by atoms with E-state index in [1.807, 2.05) is 13.8 Å². The Bertz CT molecular complexity index is 279. The van der Waals surface area contributed by atoms with Gasteiger partial charge in [-0.2, -0.15) is 0 Å². The van der Waals surface area contributed by atoms with Gasteiger partial charge in [-0.25, -0.2) is 4.39 Å². The summed E-state index contributed by atoms with van der Waals surface area (Å²) in [6, 6.07) is 0. The Hall–Kier alpha value is -0.390. The zero-order valence-corrected chi connectivity index (χ0v) is 12.1. The zero-order valence-electron chi connectivity index (χ0n) is 11.3. The van der Waals surface area contributed by atoms with Gasteiger partial charge in [0.25, 0.3) is 5.91 Å². The van der Waals surface area contributed by atoms with Crippen LogP contribution in [0.5, 0.6) is 0 Å². The van der Waals surface area contributed by atoms with Crippen molar-refractivity contribution in [1.29, 1.82) is 0 Å². The molecule has 6 heteroatoms. The van der Waals surface area contributed by atoms with Crippen molar-refractivity contribution in [2.75, 3.05) is 19.6 Å². The SMILES string of the molecule is CC(O)CC(C)(C)CNC(=O)C1(F)CCNC1.Cl. The predicted octanol–water partition coefficient (Wildman–Crippen LogP) is 1.02. The lowest BCUT2D eigenvalue weighted by molar-refractivity contribution is -0.132. The molecule has 1 aliphatic rings. The van der Waals surface area contributed by atoms with E-state index in [-0.39, 0.29) is 30.8 Å². The molecule has 1 aliphatic heterocycles. The molecule has 4 nitrogen and oxygen atoms in total. The maximum Gasteiger partial charge on any atom is 0.259 e. The van der Waals surface area contributed by atoms with Crippen LogP contribution in [0.15, 0.2) is 0 Å². The zero-order chi connectivity index (χ0) is 13.1. The summed E-state index contributed by atoms with van der Waals surface area (Å²) in [6.45, 7) is 6.61. The molecular weight excluding hydrogens is 259 g/mol. The number of hydrogen-bond acceptors (Lipinski definition) is 3. The van der Waals surface area contributed by atoms with E-state index in [1.165, 1.54) is 0 Å². The first-order valence-electron chi connectivity index (χ1n) is 6.11. The lowest BCUT2D eigenvalue weighted by Gasteiger charge is -2.28. The van der Waals surface area contributed by atoms with Crippen molar-refractivity contribution >= 4 is 18.3 Å². The minimum absolute atomic E-state index is 0. The summed E-state index contributed by atoms with van der Waals surface area (Å²) in [7, 11) is 0. The monoisotopic (exact) mass is 282 g/mol. The van der Waals surface area contributed by atoms with Gasteiger partial charge in [-0.3, -0.25) is 4.79 Å². The minimum Gasteiger partial charge on any atom is -0.393 e. The summed E-state index contributed by atoms with van der Waals surface area (Å²) in [6.07, 6.45) is 0.384. The van der Waals surface area contributed by atoms with Crippen molar-refractivity contribution in [3.05, 3.63) is 0 Å². The lowest BCUT2D eigenvalue weighted by atomic mass is 9.86. The van der Waals surface area contributed by atoms with Gasteiger partial charge in [-0.1, -0.05) is 13.8 Å². The second-order valence-electron chi connectivity index (χ2n) is 5.79. The van der Waals surface area contributed by atoms with E-state index in [1.54, 1.807) is 6.92 Å². The molecule has 0 aromatic rings. The number of halogens is 2. The molecule has 1 heterocycles. The van der Waals surface area contributed by atoms with Crippen LogP contribution < -0.4 is 10.6 Å². The molecule has 1 amide bonds. The summed E-state index contributed by atoms with van der Waals surface area (Å²) in [4.78, 5) is 11.7. The number of aliphatic hydroxyl groups is 1. The molecule has 108 valence electrons. The standard InChI is InChI=1S/C12H23FN2O2.ClH/c1-9(16)6-11(2,3)7-15-10(17)12(13)4-5-14-8-12;/h9,14,16H,4-8H2,1-3H3,(H,15,17);1H. The van der Waals surface area contributed by atoms with Crippen LogP contribution in [0.4, 0.5) is 4.39 Å². The highest BCUT2D eigenvalue weighted by atomic mass is 35.5. The highest BCUT2D eigenvalue weighted by Crippen LogP contribution is 2.23. The lowest BCUT2D eigenvalue weighted by Crippen LogP contribution is -2.47. The number of aliphatic hydroxyl groups excluding tert-OH is 1. The third-order valence-corrected chi connectivity index (χ3v) is 3.09. The Morgan fingerprint density at radius 1 is 1.61 bits per heavy atom. The van der Waals surface area contributed by atoms with Crippen LogP contribution in [-0.4, -0.2) is 42.4 Å². The highest BCUT2D eigenvalue weighted by Gasteiger charge is 2.41. The molecule has 1 rings (SSSR count). The van der Waals surface area contributed by atoms with Gasteiger partial charge in [-0.15, -0.1) is 12.4 Å². The molecule has 2 unspecified atom stereocenters. The highest BCUT2D eigenvalue weighted by molar-refractivity contribution is 5.86. The Balaban J connectivity index is 0.00000289. The van der Waals surface area contributed by atoms with E-state index in [4.69, 9.17) is 0 Å². The molecule has 3 N–H and O–H groups in total. The number of nitrogens with one attached hydrogen (secondary N) is 2. The van der Waals surface area contributed by atoms with E-state index >= 15 is 0 Å². The maximum absolute atomic E-state index is 14.0. The molecule has 1 fully saturated rings. The third kappa shape index (κ3) is 5.08. The molecule has 0 aliphatic carbocycles. The summed E-state index contributed by atoms with van der Waals surface area (Å²) in [5.74, 6) is -0.541. The van der Waals surface area contributed by atoms with E-state index in [9.17, 15) is 14.3 Å². The molecule has 0 aromatic carbocycles. The fourth-order valence-corrected chi connectivity index (χ4v) is 2.21. The van der Waals surface area contributed by atoms with Crippen molar-refractivity contribution in [3.63, 3.8) is 0 Å². The summed E-state index contributed by atoms with van der Waals surface area (Å²) < 4.78 is 14.0. The van der Waals surface area contributed by atoms with Crippen molar-refractivity contribution in [2.24, 2.45) is 5.41 Å². The number of carbonyl (C=O) groups excluding carboxylic acids is 1. The van der Waals surface area contributed by atoms with Gasteiger partial charge in [-0.05, 0) is 25.3 Å². The van der Waals surface area contributed by atoms with Gasteiger partial charge < -0.3 is 15.7 Å². The van der Waals surface area contributed by atoms with E-state index in [0.717, 1.165) is 0 Å². The average Bonchev–Trinajstić information content (AvgIpc) is 2.61. The van der Waals surface area contributed by atoms with E-state index in [0.29, 0.717) is 19.5 Å². The average molecular weight is 283 g/mol.